The molecule has 3 unspecified atom stereocenters. The molecule has 0 amide bonds. The lowest BCUT2D eigenvalue weighted by Crippen LogP contribution is -2.43. The van der Waals surface area contributed by atoms with Crippen LogP contribution in [0, 0.1) is 5.92 Å². The molecule has 0 aromatic heterocycles. The molecule has 2 aliphatic rings. The molecular formula is C15H20O6. The molecule has 6 nitrogen and oxygen atoms in total. The molecule has 0 N–H and O–H groups in total. The summed E-state index contributed by atoms with van der Waals surface area (Å²) in [4.78, 5) is 35.2. The van der Waals surface area contributed by atoms with Crippen molar-refractivity contribution < 1.29 is 28.6 Å². The molecule has 21 heavy (non-hydrogen) atoms. The predicted octanol–water partition coefficient (Wildman–Crippen LogP) is 1.52. The van der Waals surface area contributed by atoms with Gasteiger partial charge in [0, 0.05) is 12.0 Å². The Morgan fingerprint density at radius 2 is 2.00 bits per heavy atom. The zero-order valence-corrected chi connectivity index (χ0v) is 12.5. The summed E-state index contributed by atoms with van der Waals surface area (Å²) in [5, 5.41) is 0. The van der Waals surface area contributed by atoms with Gasteiger partial charge in [-0.05, 0) is 33.6 Å². The van der Waals surface area contributed by atoms with E-state index in [9.17, 15) is 14.4 Å². The van der Waals surface area contributed by atoms with Crippen LogP contribution in [0.25, 0.3) is 0 Å². The molecule has 1 heterocycles. The largest absolute Gasteiger partial charge is 0.458 e. The second-order valence-corrected chi connectivity index (χ2v) is 6.11. The van der Waals surface area contributed by atoms with Gasteiger partial charge in [0.25, 0.3) is 0 Å². The average molecular weight is 296 g/mol. The molecule has 0 aromatic rings. The summed E-state index contributed by atoms with van der Waals surface area (Å²) in [6.07, 6.45) is 0.968. The normalized spacial score (nSPS) is 27.8. The Kier molecular flexibility index (Phi) is 4.07. The molecule has 1 saturated carbocycles. The van der Waals surface area contributed by atoms with Crippen molar-refractivity contribution in [2.75, 3.05) is 0 Å². The van der Waals surface area contributed by atoms with Crippen LogP contribution in [0.15, 0.2) is 12.2 Å². The Bertz CT molecular complexity index is 492. The van der Waals surface area contributed by atoms with Crippen LogP contribution in [-0.2, 0) is 28.6 Å². The molecule has 2 rings (SSSR count). The van der Waals surface area contributed by atoms with Gasteiger partial charge in [-0.2, -0.15) is 0 Å². The van der Waals surface area contributed by atoms with Crippen LogP contribution < -0.4 is 0 Å². The molecule has 3 atom stereocenters. The summed E-state index contributed by atoms with van der Waals surface area (Å²) >= 11 is 0. The Morgan fingerprint density at radius 1 is 1.33 bits per heavy atom. The lowest BCUT2D eigenvalue weighted by Gasteiger charge is -2.30. The number of fused-ring (bicyclic) bond motifs is 2. The van der Waals surface area contributed by atoms with Gasteiger partial charge in [0.2, 0.25) is 5.60 Å². The Hall–Kier alpha value is -1.85. The first-order valence-electron chi connectivity index (χ1n) is 7.01. The van der Waals surface area contributed by atoms with Crippen LogP contribution in [0.1, 0.15) is 40.0 Å². The van der Waals surface area contributed by atoms with Crippen molar-refractivity contribution in [1.82, 2.24) is 0 Å². The molecule has 0 aromatic carbocycles. The maximum absolute atomic E-state index is 12.2. The highest BCUT2D eigenvalue weighted by Crippen LogP contribution is 2.36. The second-order valence-electron chi connectivity index (χ2n) is 6.11. The Balaban J connectivity index is 1.96. The van der Waals surface area contributed by atoms with Crippen LogP contribution in [0.4, 0.5) is 0 Å². The van der Waals surface area contributed by atoms with Crippen molar-refractivity contribution in [3.63, 3.8) is 0 Å². The van der Waals surface area contributed by atoms with E-state index in [2.05, 4.69) is 6.58 Å². The van der Waals surface area contributed by atoms with Gasteiger partial charge in [-0.15, -0.1) is 0 Å². The van der Waals surface area contributed by atoms with Gasteiger partial charge in [0.05, 0.1) is 5.92 Å². The molecular weight excluding hydrogens is 276 g/mol. The zero-order chi connectivity index (χ0) is 15.8. The fourth-order valence-corrected chi connectivity index (χ4v) is 2.46. The highest BCUT2D eigenvalue weighted by Gasteiger charge is 2.46. The first-order valence-corrected chi connectivity index (χ1v) is 7.01. The van der Waals surface area contributed by atoms with Crippen molar-refractivity contribution in [3.05, 3.63) is 12.2 Å². The third-order valence-corrected chi connectivity index (χ3v) is 3.78. The fraction of sp³-hybridized carbons (Fsp3) is 0.667. The molecule has 2 fully saturated rings. The summed E-state index contributed by atoms with van der Waals surface area (Å²) in [6.45, 7) is 7.89. The minimum absolute atomic E-state index is 0.0702. The van der Waals surface area contributed by atoms with Gasteiger partial charge < -0.3 is 14.2 Å². The highest BCUT2D eigenvalue weighted by atomic mass is 16.6. The topological polar surface area (TPSA) is 78.9 Å². The fourth-order valence-electron chi connectivity index (χ4n) is 2.46. The number of carbonyl (C=O) groups excluding carboxylic acids is 3. The van der Waals surface area contributed by atoms with E-state index in [1.165, 1.54) is 20.8 Å². The second kappa shape index (κ2) is 5.50. The van der Waals surface area contributed by atoms with E-state index in [0.717, 1.165) is 0 Å². The first-order chi connectivity index (χ1) is 9.70. The number of carbonyl (C=O) groups is 3. The molecule has 6 heteroatoms. The first kappa shape index (κ1) is 15.5. The summed E-state index contributed by atoms with van der Waals surface area (Å²) < 4.78 is 15.7. The van der Waals surface area contributed by atoms with Gasteiger partial charge in [-0.3, -0.25) is 4.79 Å². The molecule has 1 aliphatic heterocycles. The minimum atomic E-state index is -1.41. The summed E-state index contributed by atoms with van der Waals surface area (Å²) in [6, 6.07) is 0. The van der Waals surface area contributed by atoms with Gasteiger partial charge in [0.1, 0.15) is 12.2 Å². The molecule has 1 aliphatic carbocycles. The average Bonchev–Trinajstić information content (AvgIpc) is 2.68. The van der Waals surface area contributed by atoms with Gasteiger partial charge >= 0.3 is 17.9 Å². The zero-order valence-electron chi connectivity index (χ0n) is 12.5. The van der Waals surface area contributed by atoms with Crippen molar-refractivity contribution in [1.29, 1.82) is 0 Å². The van der Waals surface area contributed by atoms with Crippen molar-refractivity contribution in [2.45, 2.75) is 57.8 Å². The molecule has 2 bridgehead atoms. The van der Waals surface area contributed by atoms with E-state index < -0.39 is 23.6 Å². The lowest BCUT2D eigenvalue weighted by atomic mass is 9.88. The molecule has 116 valence electrons. The van der Waals surface area contributed by atoms with Crippen molar-refractivity contribution in [3.8, 4) is 0 Å². The van der Waals surface area contributed by atoms with E-state index in [4.69, 9.17) is 14.2 Å². The van der Waals surface area contributed by atoms with E-state index in [0.29, 0.717) is 19.3 Å². The van der Waals surface area contributed by atoms with Crippen LogP contribution in [0.2, 0.25) is 0 Å². The van der Waals surface area contributed by atoms with E-state index >= 15 is 0 Å². The minimum Gasteiger partial charge on any atom is -0.458 e. The predicted molar refractivity (Wildman–Crippen MR) is 72.1 cm³/mol. The summed E-state index contributed by atoms with van der Waals surface area (Å²) in [7, 11) is 0. The number of hydrogen-bond acceptors (Lipinski definition) is 6. The highest BCUT2D eigenvalue weighted by molar-refractivity contribution is 5.90. The smallest absolute Gasteiger partial charge is 0.350 e. The molecule has 0 radical (unpaired) electrons. The van der Waals surface area contributed by atoms with Crippen LogP contribution in [0.5, 0.6) is 0 Å². The maximum atomic E-state index is 12.2. The third-order valence-electron chi connectivity index (χ3n) is 3.78. The monoisotopic (exact) mass is 296 g/mol. The Morgan fingerprint density at radius 3 is 2.62 bits per heavy atom. The van der Waals surface area contributed by atoms with Gasteiger partial charge in [0.15, 0.2) is 0 Å². The lowest BCUT2D eigenvalue weighted by molar-refractivity contribution is -0.185. The standard InChI is InChI=1S/C15H20O6/c1-8(2)12(16)21-15(3,4)14(18)20-10-6-5-9-7-11(10)19-13(9)17/h9-11H,1,5-7H2,2-4H3. The van der Waals surface area contributed by atoms with E-state index in [1.807, 2.05) is 0 Å². The summed E-state index contributed by atoms with van der Waals surface area (Å²) in [5.41, 5.74) is -1.20. The van der Waals surface area contributed by atoms with Crippen molar-refractivity contribution in [2.24, 2.45) is 5.92 Å². The van der Waals surface area contributed by atoms with Crippen LogP contribution >= 0.6 is 0 Å². The van der Waals surface area contributed by atoms with E-state index in [-0.39, 0.29) is 23.6 Å². The molecule has 1 saturated heterocycles. The number of esters is 3. The van der Waals surface area contributed by atoms with Crippen LogP contribution in [0.3, 0.4) is 0 Å². The number of ether oxygens (including phenoxy) is 3. The third kappa shape index (κ3) is 3.25. The van der Waals surface area contributed by atoms with Crippen molar-refractivity contribution >= 4 is 17.9 Å². The summed E-state index contributed by atoms with van der Waals surface area (Å²) in [5.74, 6) is -1.58. The number of rotatable bonds is 4. The maximum Gasteiger partial charge on any atom is 0.350 e. The van der Waals surface area contributed by atoms with E-state index in [1.54, 1.807) is 0 Å². The SMILES string of the molecule is C=C(C)C(=O)OC(C)(C)C(=O)OC1CCC2CC1OC2=O. The van der Waals surface area contributed by atoms with Gasteiger partial charge in [-0.1, -0.05) is 6.58 Å². The molecule has 0 spiro atoms. The van der Waals surface area contributed by atoms with Crippen LogP contribution in [-0.4, -0.2) is 35.7 Å². The van der Waals surface area contributed by atoms with Gasteiger partial charge in [-0.25, -0.2) is 9.59 Å². The Labute approximate surface area is 123 Å². The number of hydrogen-bond donors (Lipinski definition) is 0. The quantitative estimate of drug-likeness (QED) is 0.444.